The highest BCUT2D eigenvalue weighted by Crippen LogP contribution is 2.50. The zero-order valence-electron chi connectivity index (χ0n) is 14.8. The number of benzene rings is 1. The third-order valence-electron chi connectivity index (χ3n) is 5.09. The maximum atomic E-state index is 12.6. The van der Waals surface area contributed by atoms with E-state index in [9.17, 15) is 14.9 Å². The van der Waals surface area contributed by atoms with Crippen molar-refractivity contribution in [3.05, 3.63) is 77.0 Å². The van der Waals surface area contributed by atoms with E-state index in [4.69, 9.17) is 9.47 Å². The molecule has 6 heteroatoms. The number of rotatable bonds is 3. The average Bonchev–Trinajstić information content (AvgIpc) is 3.24. The second-order valence-electron chi connectivity index (χ2n) is 6.36. The first-order valence-electron chi connectivity index (χ1n) is 8.37. The summed E-state index contributed by atoms with van der Waals surface area (Å²) in [4.78, 5) is 26.9. The van der Waals surface area contributed by atoms with Crippen molar-refractivity contribution in [3.63, 3.8) is 0 Å². The minimum atomic E-state index is -1.38. The van der Waals surface area contributed by atoms with Gasteiger partial charge in [-0.2, -0.15) is 5.26 Å². The third kappa shape index (κ3) is 2.18. The molecule has 6 nitrogen and oxygen atoms in total. The summed E-state index contributed by atoms with van der Waals surface area (Å²) in [7, 11) is 2.48. The Morgan fingerprint density at radius 1 is 1.15 bits per heavy atom. The van der Waals surface area contributed by atoms with Crippen LogP contribution in [0.25, 0.3) is 5.57 Å². The van der Waals surface area contributed by atoms with Crippen LogP contribution < -0.4 is 0 Å². The van der Waals surface area contributed by atoms with E-state index in [1.165, 1.54) is 14.2 Å². The third-order valence-corrected chi connectivity index (χ3v) is 5.09. The van der Waals surface area contributed by atoms with Gasteiger partial charge in [-0.25, -0.2) is 9.59 Å². The molecule has 3 aliphatic heterocycles. The lowest BCUT2D eigenvalue weighted by Gasteiger charge is -2.35. The molecule has 134 valence electrons. The van der Waals surface area contributed by atoms with Crippen LogP contribution in [-0.4, -0.2) is 42.6 Å². The number of nitriles is 1. The molecule has 1 aromatic carbocycles. The standard InChI is InChI=1S/C21H16N2O4/c1-26-19(24)17-16-11-14(13-6-4-3-5-7-13)10-15-8-9-21(12-22,23(15)16)18(17)20(25)27-2/h3-11,16H,1-2H3/t16-,21-/m0/s1. The molecule has 0 aromatic heterocycles. The average molecular weight is 360 g/mol. The highest BCUT2D eigenvalue weighted by atomic mass is 16.5. The molecule has 0 amide bonds. The fourth-order valence-electron chi connectivity index (χ4n) is 3.95. The maximum absolute atomic E-state index is 12.6. The number of allylic oxidation sites excluding steroid dienone is 3. The Morgan fingerprint density at radius 3 is 2.48 bits per heavy atom. The molecular formula is C21H16N2O4. The van der Waals surface area contributed by atoms with Crippen LogP contribution >= 0.6 is 0 Å². The Morgan fingerprint density at radius 2 is 1.85 bits per heavy atom. The smallest absolute Gasteiger partial charge is 0.338 e. The predicted octanol–water partition coefficient (Wildman–Crippen LogP) is 2.13. The second kappa shape index (κ2) is 5.99. The van der Waals surface area contributed by atoms with Gasteiger partial charge >= 0.3 is 11.9 Å². The molecule has 3 heterocycles. The van der Waals surface area contributed by atoms with Gasteiger partial charge in [0.2, 0.25) is 0 Å². The van der Waals surface area contributed by atoms with Gasteiger partial charge in [-0.1, -0.05) is 30.3 Å². The summed E-state index contributed by atoms with van der Waals surface area (Å²) in [6.45, 7) is 0. The lowest BCUT2D eigenvalue weighted by molar-refractivity contribution is -0.139. The van der Waals surface area contributed by atoms with Crippen LogP contribution in [0.5, 0.6) is 0 Å². The first-order valence-corrected chi connectivity index (χ1v) is 8.37. The van der Waals surface area contributed by atoms with Crippen molar-refractivity contribution in [1.29, 1.82) is 5.26 Å². The van der Waals surface area contributed by atoms with Gasteiger partial charge in [0.05, 0.1) is 31.4 Å². The largest absolute Gasteiger partial charge is 0.466 e. The fraction of sp³-hybridized carbons (Fsp3) is 0.190. The van der Waals surface area contributed by atoms with Crippen molar-refractivity contribution in [1.82, 2.24) is 4.90 Å². The van der Waals surface area contributed by atoms with E-state index >= 15 is 0 Å². The number of methoxy groups -OCH3 is 2. The monoisotopic (exact) mass is 360 g/mol. The van der Waals surface area contributed by atoms with Crippen molar-refractivity contribution in [2.75, 3.05) is 14.2 Å². The Labute approximate surface area is 156 Å². The molecule has 0 saturated carbocycles. The van der Waals surface area contributed by atoms with Crippen LogP contribution in [-0.2, 0) is 19.1 Å². The number of ether oxygens (including phenoxy) is 2. The highest BCUT2D eigenvalue weighted by molar-refractivity contribution is 6.07. The van der Waals surface area contributed by atoms with Crippen LogP contribution in [0, 0.1) is 11.3 Å². The van der Waals surface area contributed by atoms with Crippen LogP contribution in [0.1, 0.15) is 5.56 Å². The Bertz CT molecular complexity index is 1010. The lowest BCUT2D eigenvalue weighted by Crippen LogP contribution is -2.45. The first-order chi connectivity index (χ1) is 13.1. The molecule has 4 rings (SSSR count). The van der Waals surface area contributed by atoms with Gasteiger partial charge in [0.25, 0.3) is 0 Å². The van der Waals surface area contributed by atoms with Gasteiger partial charge in [0.15, 0.2) is 5.54 Å². The summed E-state index contributed by atoms with van der Waals surface area (Å²) in [6, 6.07) is 11.3. The predicted molar refractivity (Wildman–Crippen MR) is 96.7 cm³/mol. The Kier molecular flexibility index (Phi) is 3.74. The number of carbonyl (C=O) groups is 2. The Balaban J connectivity index is 1.98. The number of nitrogens with zero attached hydrogens (tertiary/aromatic N) is 2. The molecule has 2 atom stereocenters. The van der Waals surface area contributed by atoms with Gasteiger partial charge in [-0.3, -0.25) is 0 Å². The van der Waals surface area contributed by atoms with Crippen molar-refractivity contribution < 1.29 is 19.1 Å². The SMILES string of the molecule is COC(=O)C1=C(C(=O)OC)[C@@]2(C#N)C=CC3=CC(c4ccccc4)=C[C@@H]1N32. The molecule has 0 saturated heterocycles. The molecule has 0 fully saturated rings. The van der Waals surface area contributed by atoms with E-state index in [2.05, 4.69) is 6.07 Å². The number of esters is 2. The molecule has 27 heavy (non-hydrogen) atoms. The van der Waals surface area contributed by atoms with Crippen molar-refractivity contribution >= 4 is 17.5 Å². The zero-order chi connectivity index (χ0) is 19.2. The van der Waals surface area contributed by atoms with E-state index in [-0.39, 0.29) is 11.1 Å². The molecule has 3 aliphatic rings. The number of hydrogen-bond acceptors (Lipinski definition) is 6. The van der Waals surface area contributed by atoms with E-state index in [1.807, 2.05) is 42.5 Å². The van der Waals surface area contributed by atoms with Gasteiger partial charge < -0.3 is 14.4 Å². The quantitative estimate of drug-likeness (QED) is 0.769. The summed E-state index contributed by atoms with van der Waals surface area (Å²) in [5.74, 6) is -1.37. The topological polar surface area (TPSA) is 79.6 Å². The van der Waals surface area contributed by atoms with E-state index in [0.29, 0.717) is 0 Å². The van der Waals surface area contributed by atoms with Crippen LogP contribution in [0.15, 0.2) is 71.5 Å². The Hall–Kier alpha value is -3.59. The number of hydrogen-bond donors (Lipinski definition) is 0. The molecule has 0 bridgehead atoms. The zero-order valence-corrected chi connectivity index (χ0v) is 14.8. The van der Waals surface area contributed by atoms with Crippen molar-refractivity contribution in [3.8, 4) is 6.07 Å². The van der Waals surface area contributed by atoms with E-state index in [1.54, 1.807) is 17.1 Å². The lowest BCUT2D eigenvalue weighted by atomic mass is 9.90. The van der Waals surface area contributed by atoms with Crippen molar-refractivity contribution in [2.45, 2.75) is 11.6 Å². The summed E-state index contributed by atoms with van der Waals surface area (Å²) >= 11 is 0. The highest BCUT2D eigenvalue weighted by Gasteiger charge is 2.59. The van der Waals surface area contributed by atoms with Gasteiger partial charge in [-0.15, -0.1) is 0 Å². The maximum Gasteiger partial charge on any atom is 0.338 e. The second-order valence-corrected chi connectivity index (χ2v) is 6.36. The normalized spacial score (nSPS) is 24.8. The van der Waals surface area contributed by atoms with E-state index in [0.717, 1.165) is 16.8 Å². The molecule has 0 aliphatic carbocycles. The summed E-state index contributed by atoms with van der Waals surface area (Å²) in [6.07, 6.45) is 7.25. The molecule has 0 unspecified atom stereocenters. The molecule has 0 radical (unpaired) electrons. The van der Waals surface area contributed by atoms with Crippen LogP contribution in [0.3, 0.4) is 0 Å². The van der Waals surface area contributed by atoms with Crippen LogP contribution in [0.2, 0.25) is 0 Å². The van der Waals surface area contributed by atoms with Gasteiger partial charge in [0, 0.05) is 5.70 Å². The first kappa shape index (κ1) is 16.9. The summed E-state index contributed by atoms with van der Waals surface area (Å²) in [5, 5.41) is 9.97. The van der Waals surface area contributed by atoms with Gasteiger partial charge in [0.1, 0.15) is 6.07 Å². The van der Waals surface area contributed by atoms with E-state index < -0.39 is 23.5 Å². The molecule has 1 aromatic rings. The van der Waals surface area contributed by atoms with Gasteiger partial charge in [-0.05, 0) is 35.4 Å². The number of carbonyl (C=O) groups excluding carboxylic acids is 2. The molecular weight excluding hydrogens is 344 g/mol. The summed E-state index contributed by atoms with van der Waals surface area (Å²) < 4.78 is 9.83. The minimum absolute atomic E-state index is 0.00885. The minimum Gasteiger partial charge on any atom is -0.466 e. The molecule has 0 spiro atoms. The van der Waals surface area contributed by atoms with Crippen LogP contribution in [0.4, 0.5) is 0 Å². The fourth-order valence-corrected chi connectivity index (χ4v) is 3.95. The summed E-state index contributed by atoms with van der Waals surface area (Å²) in [5.41, 5.74) is 1.39. The molecule has 0 N–H and O–H groups in total. The van der Waals surface area contributed by atoms with Crippen molar-refractivity contribution in [2.24, 2.45) is 0 Å².